The highest BCUT2D eigenvalue weighted by molar-refractivity contribution is 7.99. The van der Waals surface area contributed by atoms with Crippen molar-refractivity contribution in [2.45, 2.75) is 12.1 Å². The van der Waals surface area contributed by atoms with E-state index in [1.807, 2.05) is 91.9 Å². The summed E-state index contributed by atoms with van der Waals surface area (Å²) in [6.45, 7) is 2.84. The van der Waals surface area contributed by atoms with Crippen LogP contribution in [0.2, 0.25) is 0 Å². The summed E-state index contributed by atoms with van der Waals surface area (Å²) < 4.78 is 5.66. The Hall–Kier alpha value is -3.71. The number of nitrogens with one attached hydrogen (secondary N) is 1. The Morgan fingerprint density at radius 1 is 0.879 bits per heavy atom. The minimum absolute atomic E-state index is 0.107. The number of hydrogen-bond donors (Lipinski definition) is 1. The SMILES string of the molecule is Cc1cccc(OCCNC(=O)CSc2nnc(-c3ccccc3)c(-c3ccccc3)n2)c1. The number of aromatic nitrogens is 3. The van der Waals surface area contributed by atoms with Crippen LogP contribution >= 0.6 is 11.8 Å². The Labute approximate surface area is 197 Å². The summed E-state index contributed by atoms with van der Waals surface area (Å²) in [5.74, 6) is 0.889. The number of thioether (sulfide) groups is 1. The van der Waals surface area contributed by atoms with Gasteiger partial charge in [-0.2, -0.15) is 0 Å². The molecule has 0 saturated carbocycles. The second kappa shape index (κ2) is 11.2. The number of nitrogens with zero attached hydrogens (tertiary/aromatic N) is 3. The number of rotatable bonds is 9. The topological polar surface area (TPSA) is 77.0 Å². The van der Waals surface area contributed by atoms with Gasteiger partial charge in [0.2, 0.25) is 11.1 Å². The molecule has 0 saturated heterocycles. The molecule has 1 aromatic heterocycles. The molecule has 4 rings (SSSR count). The van der Waals surface area contributed by atoms with Crippen LogP contribution in [0.4, 0.5) is 0 Å². The van der Waals surface area contributed by atoms with E-state index >= 15 is 0 Å². The molecule has 1 heterocycles. The third-order valence-electron chi connectivity index (χ3n) is 4.78. The summed E-state index contributed by atoms with van der Waals surface area (Å²) in [4.78, 5) is 17.0. The predicted molar refractivity (Wildman–Crippen MR) is 131 cm³/mol. The van der Waals surface area contributed by atoms with E-state index in [0.717, 1.165) is 28.1 Å². The summed E-state index contributed by atoms with van der Waals surface area (Å²) in [5, 5.41) is 12.0. The van der Waals surface area contributed by atoms with Crippen LogP contribution in [-0.2, 0) is 4.79 Å². The van der Waals surface area contributed by atoms with Gasteiger partial charge in [0.15, 0.2) is 0 Å². The van der Waals surface area contributed by atoms with Crippen molar-refractivity contribution in [3.63, 3.8) is 0 Å². The lowest BCUT2D eigenvalue weighted by Crippen LogP contribution is -2.29. The lowest BCUT2D eigenvalue weighted by Gasteiger charge is -2.10. The molecule has 3 aromatic carbocycles. The summed E-state index contributed by atoms with van der Waals surface area (Å²) in [6.07, 6.45) is 0. The molecule has 0 bridgehead atoms. The zero-order valence-corrected chi connectivity index (χ0v) is 19.1. The van der Waals surface area contributed by atoms with Gasteiger partial charge in [-0.25, -0.2) is 4.98 Å². The first-order chi connectivity index (χ1) is 16.2. The molecule has 0 radical (unpaired) electrons. The van der Waals surface area contributed by atoms with Gasteiger partial charge in [-0.05, 0) is 24.6 Å². The highest BCUT2D eigenvalue weighted by Gasteiger charge is 2.14. The monoisotopic (exact) mass is 456 g/mol. The molecule has 0 fully saturated rings. The van der Waals surface area contributed by atoms with Gasteiger partial charge in [0.25, 0.3) is 0 Å². The maximum Gasteiger partial charge on any atom is 0.230 e. The fraction of sp³-hybridized carbons (Fsp3) is 0.154. The molecule has 7 heteroatoms. The Morgan fingerprint density at radius 2 is 1.58 bits per heavy atom. The minimum atomic E-state index is -0.107. The first kappa shape index (κ1) is 22.5. The van der Waals surface area contributed by atoms with Crippen molar-refractivity contribution in [2.24, 2.45) is 0 Å². The summed E-state index contributed by atoms with van der Waals surface area (Å²) in [5.41, 5.74) is 4.48. The molecule has 166 valence electrons. The van der Waals surface area contributed by atoms with E-state index in [1.165, 1.54) is 11.8 Å². The molecule has 33 heavy (non-hydrogen) atoms. The van der Waals surface area contributed by atoms with Gasteiger partial charge in [0.1, 0.15) is 23.7 Å². The Kier molecular flexibility index (Phi) is 7.66. The van der Waals surface area contributed by atoms with Gasteiger partial charge in [0.05, 0.1) is 12.3 Å². The molecule has 0 unspecified atom stereocenters. The second-order valence-electron chi connectivity index (χ2n) is 7.33. The van der Waals surface area contributed by atoms with Crippen molar-refractivity contribution >= 4 is 17.7 Å². The summed E-state index contributed by atoms with van der Waals surface area (Å²) in [7, 11) is 0. The standard InChI is InChI=1S/C26H24N4O2S/c1-19-9-8-14-22(17-19)32-16-15-27-23(31)18-33-26-28-24(20-10-4-2-5-11-20)25(29-30-26)21-12-6-3-7-13-21/h2-14,17H,15-16,18H2,1H3,(H,27,31). The molecular weight excluding hydrogens is 432 g/mol. The third-order valence-corrected chi connectivity index (χ3v) is 5.61. The first-order valence-electron chi connectivity index (χ1n) is 10.6. The molecule has 0 aliphatic carbocycles. The van der Waals surface area contributed by atoms with E-state index in [-0.39, 0.29) is 11.7 Å². The van der Waals surface area contributed by atoms with Crippen LogP contribution in [0.1, 0.15) is 5.56 Å². The van der Waals surface area contributed by atoms with E-state index in [4.69, 9.17) is 9.72 Å². The molecule has 6 nitrogen and oxygen atoms in total. The van der Waals surface area contributed by atoms with Crippen LogP contribution in [0.3, 0.4) is 0 Å². The zero-order valence-electron chi connectivity index (χ0n) is 18.3. The first-order valence-corrected chi connectivity index (χ1v) is 11.6. The van der Waals surface area contributed by atoms with Crippen molar-refractivity contribution in [1.29, 1.82) is 0 Å². The van der Waals surface area contributed by atoms with Gasteiger partial charge in [-0.1, -0.05) is 84.6 Å². The van der Waals surface area contributed by atoms with Crippen LogP contribution < -0.4 is 10.1 Å². The van der Waals surface area contributed by atoms with E-state index in [9.17, 15) is 4.79 Å². The van der Waals surface area contributed by atoms with Crippen LogP contribution in [-0.4, -0.2) is 40.0 Å². The van der Waals surface area contributed by atoms with E-state index in [2.05, 4.69) is 15.5 Å². The smallest absolute Gasteiger partial charge is 0.230 e. The number of aryl methyl sites for hydroxylation is 1. The fourth-order valence-corrected chi connectivity index (χ4v) is 3.82. The van der Waals surface area contributed by atoms with Gasteiger partial charge in [-0.3, -0.25) is 4.79 Å². The Bertz CT molecular complexity index is 1200. The van der Waals surface area contributed by atoms with Crippen LogP contribution in [0, 0.1) is 6.92 Å². The molecular formula is C26H24N4O2S. The minimum Gasteiger partial charge on any atom is -0.492 e. The van der Waals surface area contributed by atoms with Crippen molar-refractivity contribution in [2.75, 3.05) is 18.9 Å². The molecule has 0 atom stereocenters. The normalized spacial score (nSPS) is 10.6. The average molecular weight is 457 g/mol. The van der Waals surface area contributed by atoms with Crippen molar-refractivity contribution in [3.05, 3.63) is 90.5 Å². The molecule has 0 aliphatic heterocycles. The van der Waals surface area contributed by atoms with Gasteiger partial charge in [-0.15, -0.1) is 10.2 Å². The highest BCUT2D eigenvalue weighted by Crippen LogP contribution is 2.29. The average Bonchev–Trinajstić information content (AvgIpc) is 2.86. The van der Waals surface area contributed by atoms with E-state index < -0.39 is 0 Å². The lowest BCUT2D eigenvalue weighted by molar-refractivity contribution is -0.118. The van der Waals surface area contributed by atoms with Crippen molar-refractivity contribution in [1.82, 2.24) is 20.5 Å². The quantitative estimate of drug-likeness (QED) is 0.288. The largest absolute Gasteiger partial charge is 0.492 e. The molecule has 1 N–H and O–H groups in total. The Balaban J connectivity index is 1.36. The van der Waals surface area contributed by atoms with Crippen LogP contribution in [0.5, 0.6) is 5.75 Å². The highest BCUT2D eigenvalue weighted by atomic mass is 32.2. The van der Waals surface area contributed by atoms with Gasteiger partial charge in [0, 0.05) is 11.1 Å². The number of carbonyl (C=O) groups is 1. The predicted octanol–water partition coefficient (Wildman–Crippen LogP) is 4.80. The number of ether oxygens (including phenoxy) is 1. The molecule has 4 aromatic rings. The fourth-order valence-electron chi connectivity index (χ4n) is 3.21. The van der Waals surface area contributed by atoms with E-state index in [0.29, 0.717) is 24.0 Å². The number of benzene rings is 3. The number of carbonyl (C=O) groups excluding carboxylic acids is 1. The van der Waals surface area contributed by atoms with Crippen molar-refractivity contribution < 1.29 is 9.53 Å². The second-order valence-corrected chi connectivity index (χ2v) is 8.27. The number of hydrogen-bond acceptors (Lipinski definition) is 6. The third kappa shape index (κ3) is 6.40. The molecule has 1 amide bonds. The van der Waals surface area contributed by atoms with Crippen LogP contribution in [0.25, 0.3) is 22.5 Å². The van der Waals surface area contributed by atoms with Gasteiger partial charge < -0.3 is 10.1 Å². The summed E-state index contributed by atoms with van der Waals surface area (Å²) in [6, 6.07) is 27.5. The Morgan fingerprint density at radius 3 is 2.27 bits per heavy atom. The lowest BCUT2D eigenvalue weighted by atomic mass is 10.0. The molecule has 0 spiro atoms. The van der Waals surface area contributed by atoms with Crippen molar-refractivity contribution in [3.8, 4) is 28.3 Å². The van der Waals surface area contributed by atoms with Crippen LogP contribution in [0.15, 0.2) is 90.1 Å². The maximum atomic E-state index is 12.3. The zero-order chi connectivity index (χ0) is 22.9. The molecule has 0 aliphatic rings. The number of amides is 1. The van der Waals surface area contributed by atoms with Gasteiger partial charge >= 0.3 is 0 Å². The summed E-state index contributed by atoms with van der Waals surface area (Å²) >= 11 is 1.26. The maximum absolute atomic E-state index is 12.3. The van der Waals surface area contributed by atoms with E-state index in [1.54, 1.807) is 0 Å².